The van der Waals surface area contributed by atoms with Crippen LogP contribution >= 0.6 is 11.6 Å². The van der Waals surface area contributed by atoms with E-state index in [1.165, 1.54) is 25.3 Å². The largest absolute Gasteiger partial charge is 0.493 e. The highest BCUT2D eigenvalue weighted by atomic mass is 35.5. The topological polar surface area (TPSA) is 76.7 Å². The number of benzene rings is 3. The number of anilines is 1. The number of carbonyl (C=O) groups excluding carboxylic acids is 2. The molecule has 0 heterocycles. The first-order chi connectivity index (χ1) is 15.9. The van der Waals surface area contributed by atoms with E-state index in [-0.39, 0.29) is 23.6 Å². The van der Waals surface area contributed by atoms with E-state index in [4.69, 9.17) is 16.3 Å². The molecule has 1 atom stereocenters. The van der Waals surface area contributed by atoms with Crippen LogP contribution in [0, 0.1) is 0 Å². The number of methoxy groups -OCH3 is 1. The van der Waals surface area contributed by atoms with Gasteiger partial charge in [0.1, 0.15) is 6.04 Å². The minimum Gasteiger partial charge on any atom is -0.493 e. The first-order valence-electron chi connectivity index (χ1n) is 9.90. The van der Waals surface area contributed by atoms with Crippen molar-refractivity contribution in [1.82, 2.24) is 5.32 Å². The Kier molecular flexibility index (Phi) is 8.21. The monoisotopic (exact) mass is 474 g/mol. The van der Waals surface area contributed by atoms with Gasteiger partial charge in [-0.15, -0.1) is 0 Å². The van der Waals surface area contributed by atoms with E-state index in [1.54, 1.807) is 24.3 Å². The van der Waals surface area contributed by atoms with Gasteiger partial charge in [0.05, 0.1) is 7.11 Å². The Labute approximate surface area is 194 Å². The summed E-state index contributed by atoms with van der Waals surface area (Å²) in [5, 5.41) is 5.84. The van der Waals surface area contributed by atoms with Crippen LogP contribution in [-0.4, -0.2) is 31.6 Å². The van der Waals surface area contributed by atoms with E-state index in [2.05, 4.69) is 15.4 Å². The average Bonchev–Trinajstić information content (AvgIpc) is 2.79. The lowest BCUT2D eigenvalue weighted by atomic mass is 10.0. The van der Waals surface area contributed by atoms with Crippen LogP contribution in [0.25, 0.3) is 0 Å². The second-order valence-corrected chi connectivity index (χ2v) is 7.39. The fourth-order valence-electron chi connectivity index (χ4n) is 3.07. The first kappa shape index (κ1) is 24.0. The Bertz CT molecular complexity index is 1100. The fourth-order valence-corrected chi connectivity index (χ4v) is 3.20. The number of hydrogen-bond acceptors (Lipinski definition) is 4. The average molecular weight is 475 g/mol. The summed E-state index contributed by atoms with van der Waals surface area (Å²) in [6.07, 6.45) is 0.211. The molecule has 0 saturated heterocycles. The number of nitrogens with one attached hydrogen (secondary N) is 2. The molecule has 1 unspecified atom stereocenters. The number of rotatable bonds is 9. The summed E-state index contributed by atoms with van der Waals surface area (Å²) < 4.78 is 34.9. The standard InChI is InChI=1S/C24H21ClF2N2O4/c1-32-20-12-11-18(14-21(20)33-24(26)27)28-23(31)19(13-15-5-3-2-4-6-15)29-22(30)16-7-9-17(25)10-8-16/h2-12,14,19,24H,13H2,1H3,(H,28,31)(H,29,30). The smallest absolute Gasteiger partial charge is 0.387 e. The number of halogens is 3. The molecule has 0 aliphatic carbocycles. The maximum Gasteiger partial charge on any atom is 0.387 e. The molecule has 0 bridgehead atoms. The summed E-state index contributed by atoms with van der Waals surface area (Å²) in [6.45, 7) is -3.06. The van der Waals surface area contributed by atoms with Gasteiger partial charge in [-0.05, 0) is 42.0 Å². The molecule has 0 aromatic heterocycles. The lowest BCUT2D eigenvalue weighted by molar-refractivity contribution is -0.118. The zero-order valence-corrected chi connectivity index (χ0v) is 18.3. The minimum atomic E-state index is -3.06. The number of carbonyl (C=O) groups is 2. The Balaban J connectivity index is 1.81. The fraction of sp³-hybridized carbons (Fsp3) is 0.167. The SMILES string of the molecule is COc1ccc(NC(=O)C(Cc2ccccc2)NC(=O)c2ccc(Cl)cc2)cc1OC(F)F. The van der Waals surface area contributed by atoms with Crippen LogP contribution in [0.4, 0.5) is 14.5 Å². The molecule has 2 N–H and O–H groups in total. The third-order valence-corrected chi connectivity index (χ3v) is 4.91. The second-order valence-electron chi connectivity index (χ2n) is 6.96. The van der Waals surface area contributed by atoms with Crippen molar-refractivity contribution in [2.75, 3.05) is 12.4 Å². The zero-order chi connectivity index (χ0) is 23.8. The molecule has 9 heteroatoms. The van der Waals surface area contributed by atoms with Crippen molar-refractivity contribution in [2.24, 2.45) is 0 Å². The molecule has 172 valence electrons. The van der Waals surface area contributed by atoms with Gasteiger partial charge >= 0.3 is 6.61 Å². The van der Waals surface area contributed by atoms with Crippen LogP contribution in [0.3, 0.4) is 0 Å². The van der Waals surface area contributed by atoms with Gasteiger partial charge in [0, 0.05) is 28.8 Å². The Hall–Kier alpha value is -3.65. The van der Waals surface area contributed by atoms with E-state index >= 15 is 0 Å². The van der Waals surface area contributed by atoms with Gasteiger partial charge in [0.2, 0.25) is 5.91 Å². The molecule has 3 aromatic carbocycles. The van der Waals surface area contributed by atoms with Crippen molar-refractivity contribution in [1.29, 1.82) is 0 Å². The van der Waals surface area contributed by atoms with Crippen molar-refractivity contribution in [3.05, 3.63) is 88.9 Å². The summed E-state index contributed by atoms with van der Waals surface area (Å²) >= 11 is 5.87. The molecule has 6 nitrogen and oxygen atoms in total. The van der Waals surface area contributed by atoms with E-state index in [0.717, 1.165) is 5.56 Å². The molecule has 2 amide bonds. The highest BCUT2D eigenvalue weighted by Gasteiger charge is 2.23. The number of alkyl halides is 2. The molecule has 3 aromatic rings. The Morgan fingerprint density at radius 3 is 2.30 bits per heavy atom. The molecule has 33 heavy (non-hydrogen) atoms. The van der Waals surface area contributed by atoms with Crippen molar-refractivity contribution in [2.45, 2.75) is 19.1 Å². The molecular formula is C24H21ClF2N2O4. The quantitative estimate of drug-likeness (QED) is 0.461. The second kappa shape index (κ2) is 11.3. The maximum absolute atomic E-state index is 13.1. The van der Waals surface area contributed by atoms with E-state index in [1.807, 2.05) is 30.3 Å². The molecule has 0 aliphatic rings. The van der Waals surface area contributed by atoms with E-state index in [0.29, 0.717) is 10.6 Å². The third-order valence-electron chi connectivity index (χ3n) is 4.66. The van der Waals surface area contributed by atoms with Crippen molar-refractivity contribution >= 4 is 29.1 Å². The van der Waals surface area contributed by atoms with Crippen LogP contribution in [0.5, 0.6) is 11.5 Å². The first-order valence-corrected chi connectivity index (χ1v) is 10.3. The predicted octanol–water partition coefficient (Wildman–Crippen LogP) is 4.93. The minimum absolute atomic E-state index is 0.0881. The van der Waals surface area contributed by atoms with Crippen LogP contribution in [-0.2, 0) is 11.2 Å². The number of ether oxygens (including phenoxy) is 2. The van der Waals surface area contributed by atoms with Gasteiger partial charge in [-0.25, -0.2) is 0 Å². The summed E-state index contributed by atoms with van der Waals surface area (Å²) in [5.41, 5.74) is 1.36. The molecule has 0 radical (unpaired) electrons. The van der Waals surface area contributed by atoms with Crippen LogP contribution in [0.1, 0.15) is 15.9 Å². The zero-order valence-electron chi connectivity index (χ0n) is 17.6. The van der Waals surface area contributed by atoms with E-state index < -0.39 is 24.5 Å². The highest BCUT2D eigenvalue weighted by molar-refractivity contribution is 6.30. The van der Waals surface area contributed by atoms with Crippen molar-refractivity contribution in [3.63, 3.8) is 0 Å². The summed E-state index contributed by atoms with van der Waals surface area (Å²) in [4.78, 5) is 25.8. The van der Waals surface area contributed by atoms with E-state index in [9.17, 15) is 18.4 Å². The Morgan fingerprint density at radius 2 is 1.67 bits per heavy atom. The third kappa shape index (κ3) is 6.92. The summed E-state index contributed by atoms with van der Waals surface area (Å²) in [6, 6.07) is 18.5. The van der Waals surface area contributed by atoms with Crippen LogP contribution in [0.2, 0.25) is 5.02 Å². The number of amides is 2. The van der Waals surface area contributed by atoms with Crippen molar-refractivity contribution in [3.8, 4) is 11.5 Å². The van der Waals surface area contributed by atoms with Crippen LogP contribution in [0.15, 0.2) is 72.8 Å². The molecule has 0 fully saturated rings. The normalized spacial score (nSPS) is 11.5. The van der Waals surface area contributed by atoms with Crippen molar-refractivity contribution < 1.29 is 27.8 Å². The summed E-state index contributed by atoms with van der Waals surface area (Å²) in [5.74, 6) is -1.13. The molecule has 0 spiro atoms. The predicted molar refractivity (Wildman–Crippen MR) is 121 cm³/mol. The Morgan fingerprint density at radius 1 is 0.970 bits per heavy atom. The lowest BCUT2D eigenvalue weighted by Gasteiger charge is -2.19. The molecule has 3 rings (SSSR count). The van der Waals surface area contributed by atoms with Gasteiger partial charge < -0.3 is 20.1 Å². The highest BCUT2D eigenvalue weighted by Crippen LogP contribution is 2.31. The molecule has 0 saturated carbocycles. The van der Waals surface area contributed by atoms with Crippen LogP contribution < -0.4 is 20.1 Å². The number of hydrogen-bond donors (Lipinski definition) is 2. The lowest BCUT2D eigenvalue weighted by Crippen LogP contribution is -2.45. The van der Waals surface area contributed by atoms with Gasteiger partial charge in [-0.1, -0.05) is 41.9 Å². The summed E-state index contributed by atoms with van der Waals surface area (Å²) in [7, 11) is 1.31. The molecule has 0 aliphatic heterocycles. The maximum atomic E-state index is 13.1. The molecular weight excluding hydrogens is 454 g/mol. The van der Waals surface area contributed by atoms with Gasteiger partial charge in [0.15, 0.2) is 11.5 Å². The van der Waals surface area contributed by atoms with Gasteiger partial charge in [0.25, 0.3) is 5.91 Å². The van der Waals surface area contributed by atoms with Gasteiger partial charge in [-0.2, -0.15) is 8.78 Å². The van der Waals surface area contributed by atoms with Gasteiger partial charge in [-0.3, -0.25) is 9.59 Å².